The van der Waals surface area contributed by atoms with Crippen LogP contribution >= 0.6 is 0 Å². The zero-order valence-electron chi connectivity index (χ0n) is 9.23. The van der Waals surface area contributed by atoms with E-state index < -0.39 is 0 Å². The lowest BCUT2D eigenvalue weighted by Crippen LogP contribution is -2.26. The number of aromatic nitrogens is 1. The molecule has 0 saturated heterocycles. The topological polar surface area (TPSA) is 33.2 Å². The third-order valence-electron chi connectivity index (χ3n) is 2.18. The summed E-state index contributed by atoms with van der Waals surface area (Å²) >= 11 is 0. The second kappa shape index (κ2) is 5.29. The molecule has 0 aromatic carbocycles. The van der Waals surface area contributed by atoms with Gasteiger partial charge in [-0.1, -0.05) is 13.0 Å². The van der Waals surface area contributed by atoms with Gasteiger partial charge in [-0.3, -0.25) is 9.78 Å². The lowest BCUT2D eigenvalue weighted by molar-refractivity contribution is 0.0810. The standard InChI is InChI=1S/C12H16N2O/c1-4-8-14(3)12(15)10-6-7-11(5-2)13-9-10/h4,6-7,9H,1,5,8H2,2-3H3. The van der Waals surface area contributed by atoms with Crippen molar-refractivity contribution >= 4 is 5.91 Å². The maximum Gasteiger partial charge on any atom is 0.255 e. The van der Waals surface area contributed by atoms with Crippen molar-refractivity contribution in [3.05, 3.63) is 42.2 Å². The quantitative estimate of drug-likeness (QED) is 0.702. The van der Waals surface area contributed by atoms with Gasteiger partial charge < -0.3 is 4.90 Å². The van der Waals surface area contributed by atoms with Crippen LogP contribution in [0, 0.1) is 0 Å². The van der Waals surface area contributed by atoms with Crippen molar-refractivity contribution in [1.29, 1.82) is 0 Å². The Bertz CT molecular complexity index is 343. The summed E-state index contributed by atoms with van der Waals surface area (Å²) in [5.74, 6) is -0.0231. The molecule has 1 amide bonds. The third-order valence-corrected chi connectivity index (χ3v) is 2.18. The van der Waals surface area contributed by atoms with E-state index in [1.807, 2.05) is 19.1 Å². The van der Waals surface area contributed by atoms with Crippen molar-refractivity contribution in [2.45, 2.75) is 13.3 Å². The molecule has 0 atom stereocenters. The third kappa shape index (κ3) is 2.91. The van der Waals surface area contributed by atoms with Gasteiger partial charge in [0.2, 0.25) is 0 Å². The van der Waals surface area contributed by atoms with Gasteiger partial charge in [0.25, 0.3) is 5.91 Å². The number of hydrogen-bond donors (Lipinski definition) is 0. The number of hydrogen-bond acceptors (Lipinski definition) is 2. The zero-order chi connectivity index (χ0) is 11.3. The fraction of sp³-hybridized carbons (Fsp3) is 0.333. The molecule has 1 aromatic rings. The van der Waals surface area contributed by atoms with Crippen molar-refractivity contribution < 1.29 is 4.79 Å². The second-order valence-corrected chi connectivity index (χ2v) is 3.37. The Morgan fingerprint density at radius 3 is 2.80 bits per heavy atom. The van der Waals surface area contributed by atoms with Crippen molar-refractivity contribution in [3.63, 3.8) is 0 Å². The van der Waals surface area contributed by atoms with Crippen LogP contribution in [0.3, 0.4) is 0 Å². The number of carbonyl (C=O) groups is 1. The van der Waals surface area contributed by atoms with Gasteiger partial charge in [-0.05, 0) is 18.6 Å². The first-order valence-corrected chi connectivity index (χ1v) is 5.00. The van der Waals surface area contributed by atoms with Gasteiger partial charge in [-0.25, -0.2) is 0 Å². The normalized spacial score (nSPS) is 9.73. The fourth-order valence-corrected chi connectivity index (χ4v) is 1.26. The summed E-state index contributed by atoms with van der Waals surface area (Å²) in [7, 11) is 1.75. The Kier molecular flexibility index (Phi) is 4.03. The molecule has 0 aliphatic rings. The van der Waals surface area contributed by atoms with Gasteiger partial charge in [-0.2, -0.15) is 0 Å². The van der Waals surface area contributed by atoms with Crippen LogP contribution in [0.25, 0.3) is 0 Å². The van der Waals surface area contributed by atoms with E-state index in [0.717, 1.165) is 12.1 Å². The van der Waals surface area contributed by atoms with E-state index in [-0.39, 0.29) is 5.91 Å². The number of pyridine rings is 1. The molecular formula is C12H16N2O. The van der Waals surface area contributed by atoms with Crippen molar-refractivity contribution in [3.8, 4) is 0 Å². The molecule has 1 heterocycles. The average molecular weight is 204 g/mol. The molecule has 0 unspecified atom stereocenters. The first kappa shape index (κ1) is 11.4. The molecular weight excluding hydrogens is 188 g/mol. The molecule has 80 valence electrons. The largest absolute Gasteiger partial charge is 0.338 e. The summed E-state index contributed by atoms with van der Waals surface area (Å²) in [6.07, 6.45) is 4.21. The number of nitrogens with zero attached hydrogens (tertiary/aromatic N) is 2. The molecule has 15 heavy (non-hydrogen) atoms. The molecule has 0 bridgehead atoms. The van der Waals surface area contributed by atoms with Crippen LogP contribution in [-0.4, -0.2) is 29.4 Å². The first-order valence-electron chi connectivity index (χ1n) is 5.00. The summed E-state index contributed by atoms with van der Waals surface area (Å²) in [6, 6.07) is 3.70. The minimum absolute atomic E-state index is 0.0231. The van der Waals surface area contributed by atoms with Gasteiger partial charge in [0.05, 0.1) is 5.56 Å². The molecule has 0 N–H and O–H groups in total. The van der Waals surface area contributed by atoms with E-state index in [1.54, 1.807) is 24.2 Å². The Hall–Kier alpha value is -1.64. The summed E-state index contributed by atoms with van der Waals surface area (Å²) in [4.78, 5) is 17.6. The first-order chi connectivity index (χ1) is 7.19. The summed E-state index contributed by atoms with van der Waals surface area (Å²) in [5, 5.41) is 0. The van der Waals surface area contributed by atoms with E-state index in [2.05, 4.69) is 11.6 Å². The average Bonchev–Trinajstić information content (AvgIpc) is 2.28. The van der Waals surface area contributed by atoms with Gasteiger partial charge >= 0.3 is 0 Å². The highest BCUT2D eigenvalue weighted by Crippen LogP contribution is 2.04. The smallest absolute Gasteiger partial charge is 0.255 e. The summed E-state index contributed by atoms with van der Waals surface area (Å²) in [6.45, 7) is 6.18. The number of carbonyl (C=O) groups excluding carboxylic acids is 1. The Balaban J connectivity index is 2.77. The van der Waals surface area contributed by atoms with Crippen LogP contribution in [0.5, 0.6) is 0 Å². The van der Waals surface area contributed by atoms with E-state index in [4.69, 9.17) is 0 Å². The van der Waals surface area contributed by atoms with Crippen LogP contribution in [0.4, 0.5) is 0 Å². The number of aryl methyl sites for hydroxylation is 1. The van der Waals surface area contributed by atoms with E-state index in [0.29, 0.717) is 12.1 Å². The molecule has 0 radical (unpaired) electrons. The maximum atomic E-state index is 11.8. The van der Waals surface area contributed by atoms with Crippen LogP contribution in [0.2, 0.25) is 0 Å². The molecule has 0 saturated carbocycles. The zero-order valence-corrected chi connectivity index (χ0v) is 9.23. The highest BCUT2D eigenvalue weighted by Gasteiger charge is 2.09. The Labute approximate surface area is 90.4 Å². The van der Waals surface area contributed by atoms with E-state index in [1.165, 1.54) is 0 Å². The molecule has 1 aromatic heterocycles. The molecule has 0 aliphatic carbocycles. The minimum atomic E-state index is -0.0231. The monoisotopic (exact) mass is 204 g/mol. The van der Waals surface area contributed by atoms with Crippen LogP contribution in [0.1, 0.15) is 23.0 Å². The van der Waals surface area contributed by atoms with Crippen molar-refractivity contribution in [2.75, 3.05) is 13.6 Å². The fourth-order valence-electron chi connectivity index (χ4n) is 1.26. The van der Waals surface area contributed by atoms with Gasteiger partial charge in [0.15, 0.2) is 0 Å². The second-order valence-electron chi connectivity index (χ2n) is 3.37. The van der Waals surface area contributed by atoms with Crippen LogP contribution in [-0.2, 0) is 6.42 Å². The Morgan fingerprint density at radius 2 is 2.33 bits per heavy atom. The lowest BCUT2D eigenvalue weighted by atomic mass is 10.2. The van der Waals surface area contributed by atoms with E-state index in [9.17, 15) is 4.79 Å². The van der Waals surface area contributed by atoms with Crippen molar-refractivity contribution in [2.24, 2.45) is 0 Å². The lowest BCUT2D eigenvalue weighted by Gasteiger charge is -2.14. The summed E-state index contributed by atoms with van der Waals surface area (Å²) in [5.41, 5.74) is 1.62. The SMILES string of the molecule is C=CCN(C)C(=O)c1ccc(CC)nc1. The minimum Gasteiger partial charge on any atom is -0.338 e. The van der Waals surface area contributed by atoms with Crippen LogP contribution < -0.4 is 0 Å². The van der Waals surface area contributed by atoms with Crippen molar-refractivity contribution in [1.82, 2.24) is 9.88 Å². The number of likely N-dealkylation sites (N-methyl/N-ethyl adjacent to an activating group) is 1. The molecule has 3 heteroatoms. The molecule has 3 nitrogen and oxygen atoms in total. The van der Waals surface area contributed by atoms with Gasteiger partial charge in [0, 0.05) is 25.5 Å². The maximum absolute atomic E-state index is 11.8. The summed E-state index contributed by atoms with van der Waals surface area (Å²) < 4.78 is 0. The van der Waals surface area contributed by atoms with Crippen LogP contribution in [0.15, 0.2) is 31.0 Å². The molecule has 1 rings (SSSR count). The predicted molar refractivity (Wildman–Crippen MR) is 60.8 cm³/mol. The Morgan fingerprint density at radius 1 is 1.60 bits per heavy atom. The number of amides is 1. The van der Waals surface area contributed by atoms with Gasteiger partial charge in [0.1, 0.15) is 0 Å². The van der Waals surface area contributed by atoms with Gasteiger partial charge in [-0.15, -0.1) is 6.58 Å². The molecule has 0 fully saturated rings. The van der Waals surface area contributed by atoms with E-state index >= 15 is 0 Å². The highest BCUT2D eigenvalue weighted by atomic mass is 16.2. The number of rotatable bonds is 4. The molecule has 0 aliphatic heterocycles. The highest BCUT2D eigenvalue weighted by molar-refractivity contribution is 5.93. The predicted octanol–water partition coefficient (Wildman–Crippen LogP) is 1.90. The molecule has 0 spiro atoms.